The van der Waals surface area contributed by atoms with E-state index in [0.717, 1.165) is 5.56 Å². The van der Waals surface area contributed by atoms with Crippen LogP contribution in [0.3, 0.4) is 0 Å². The van der Waals surface area contributed by atoms with Gasteiger partial charge in [-0.15, -0.1) is 0 Å². The van der Waals surface area contributed by atoms with Gasteiger partial charge in [-0.2, -0.15) is 0 Å². The highest BCUT2D eigenvalue weighted by atomic mass is 35.5. The molecule has 1 unspecified atom stereocenters. The molecule has 1 aliphatic rings. The first kappa shape index (κ1) is 14.6. The molecule has 0 spiro atoms. The van der Waals surface area contributed by atoms with E-state index in [2.05, 4.69) is 0 Å². The van der Waals surface area contributed by atoms with Gasteiger partial charge in [-0.25, -0.2) is 0 Å². The van der Waals surface area contributed by atoms with E-state index in [1.807, 2.05) is 0 Å². The molecule has 1 aromatic carbocycles. The highest BCUT2D eigenvalue weighted by Crippen LogP contribution is 2.22. The smallest absolute Gasteiger partial charge is 0.245 e. The molecule has 6 heteroatoms. The molecule has 0 radical (unpaired) electrons. The number of carbonyl (C=O) groups excluding carboxylic acids is 1. The molecule has 1 fully saturated rings. The summed E-state index contributed by atoms with van der Waals surface area (Å²) in [5.74, 6) is -0.124. The van der Waals surface area contributed by atoms with E-state index in [0.29, 0.717) is 29.6 Å². The molecule has 1 atom stereocenters. The van der Waals surface area contributed by atoms with E-state index >= 15 is 0 Å². The minimum Gasteiger partial charge on any atom is -0.379 e. The van der Waals surface area contributed by atoms with Gasteiger partial charge in [0.15, 0.2) is 0 Å². The van der Waals surface area contributed by atoms with Crippen LogP contribution < -0.4 is 5.73 Å². The van der Waals surface area contributed by atoms with Gasteiger partial charge in [-0.3, -0.25) is 4.79 Å². The van der Waals surface area contributed by atoms with E-state index < -0.39 is 5.54 Å². The van der Waals surface area contributed by atoms with Gasteiger partial charge in [0.2, 0.25) is 5.91 Å². The van der Waals surface area contributed by atoms with Crippen LogP contribution in [-0.2, 0) is 16.1 Å². The molecule has 1 aromatic rings. The van der Waals surface area contributed by atoms with Crippen LogP contribution in [0, 0.1) is 0 Å². The monoisotopic (exact) mass is 302 g/mol. The summed E-state index contributed by atoms with van der Waals surface area (Å²) in [6.45, 7) is 1.21. The van der Waals surface area contributed by atoms with Crippen LogP contribution >= 0.6 is 23.2 Å². The Bertz CT molecular complexity index is 467. The fraction of sp³-hybridized carbons (Fsp3) is 0.462. The van der Waals surface area contributed by atoms with Crippen molar-refractivity contribution in [1.29, 1.82) is 0 Å². The molecule has 19 heavy (non-hydrogen) atoms. The molecule has 0 saturated carbocycles. The number of nitrogens with two attached hydrogens (primary N) is 1. The van der Waals surface area contributed by atoms with Crippen LogP contribution in [-0.4, -0.2) is 36.6 Å². The molecule has 1 heterocycles. The molecular formula is C13H16Cl2N2O2. The number of amides is 1. The topological polar surface area (TPSA) is 55.6 Å². The molecule has 104 valence electrons. The van der Waals surface area contributed by atoms with Crippen molar-refractivity contribution in [2.45, 2.75) is 18.5 Å². The van der Waals surface area contributed by atoms with Gasteiger partial charge >= 0.3 is 0 Å². The first-order valence-electron chi connectivity index (χ1n) is 5.98. The third-order valence-electron chi connectivity index (χ3n) is 3.17. The second kappa shape index (κ2) is 5.67. The summed E-state index contributed by atoms with van der Waals surface area (Å²) >= 11 is 11.9. The van der Waals surface area contributed by atoms with Crippen LogP contribution in [0.2, 0.25) is 10.0 Å². The van der Waals surface area contributed by atoms with Crippen molar-refractivity contribution in [3.05, 3.63) is 33.8 Å². The minimum atomic E-state index is -0.906. The third kappa shape index (κ3) is 3.39. The SMILES string of the molecule is CN(Cc1cc(Cl)cc(Cl)c1)C(=O)C1(N)CCOC1. The van der Waals surface area contributed by atoms with E-state index in [-0.39, 0.29) is 12.5 Å². The lowest BCUT2D eigenvalue weighted by Gasteiger charge is -2.27. The summed E-state index contributed by atoms with van der Waals surface area (Å²) in [5.41, 5.74) is 6.01. The number of ether oxygens (including phenoxy) is 1. The van der Waals surface area contributed by atoms with Gasteiger partial charge in [-0.1, -0.05) is 23.2 Å². The maximum atomic E-state index is 12.3. The maximum Gasteiger partial charge on any atom is 0.245 e. The zero-order valence-electron chi connectivity index (χ0n) is 10.7. The summed E-state index contributed by atoms with van der Waals surface area (Å²) in [7, 11) is 1.71. The Morgan fingerprint density at radius 3 is 2.58 bits per heavy atom. The second-order valence-corrected chi connectivity index (χ2v) is 5.77. The molecule has 1 amide bonds. The molecule has 0 aliphatic carbocycles. The molecule has 2 rings (SSSR count). The lowest BCUT2D eigenvalue weighted by Crippen LogP contribution is -2.54. The van der Waals surface area contributed by atoms with Crippen LogP contribution in [0.4, 0.5) is 0 Å². The Kier molecular flexibility index (Phi) is 4.36. The summed E-state index contributed by atoms with van der Waals surface area (Å²) in [4.78, 5) is 13.9. The first-order chi connectivity index (χ1) is 8.90. The lowest BCUT2D eigenvalue weighted by atomic mass is 9.98. The van der Waals surface area contributed by atoms with Crippen LogP contribution in [0.5, 0.6) is 0 Å². The van der Waals surface area contributed by atoms with E-state index in [4.69, 9.17) is 33.7 Å². The van der Waals surface area contributed by atoms with Gasteiger partial charge in [0.25, 0.3) is 0 Å². The maximum absolute atomic E-state index is 12.3. The lowest BCUT2D eigenvalue weighted by molar-refractivity contribution is -0.136. The normalized spacial score (nSPS) is 22.5. The van der Waals surface area contributed by atoms with E-state index in [9.17, 15) is 4.79 Å². The molecule has 1 aliphatic heterocycles. The number of carbonyl (C=O) groups is 1. The number of nitrogens with zero attached hydrogens (tertiary/aromatic N) is 1. The number of hydrogen-bond donors (Lipinski definition) is 1. The zero-order valence-corrected chi connectivity index (χ0v) is 12.2. The highest BCUT2D eigenvalue weighted by molar-refractivity contribution is 6.34. The second-order valence-electron chi connectivity index (χ2n) is 4.90. The van der Waals surface area contributed by atoms with Gasteiger partial charge < -0.3 is 15.4 Å². The van der Waals surface area contributed by atoms with Crippen molar-refractivity contribution in [2.75, 3.05) is 20.3 Å². The van der Waals surface area contributed by atoms with Crippen molar-refractivity contribution < 1.29 is 9.53 Å². The largest absolute Gasteiger partial charge is 0.379 e. The Hall–Kier alpha value is -0.810. The van der Waals surface area contributed by atoms with Gasteiger partial charge in [0.05, 0.1) is 6.61 Å². The zero-order chi connectivity index (χ0) is 14.0. The molecule has 0 bridgehead atoms. The summed E-state index contributed by atoms with van der Waals surface area (Å²) in [6, 6.07) is 5.22. The Morgan fingerprint density at radius 2 is 2.05 bits per heavy atom. The Morgan fingerprint density at radius 1 is 1.42 bits per heavy atom. The predicted molar refractivity (Wildman–Crippen MR) is 75.3 cm³/mol. The molecule has 1 saturated heterocycles. The fourth-order valence-electron chi connectivity index (χ4n) is 2.18. The summed E-state index contributed by atoms with van der Waals surface area (Å²) in [6.07, 6.45) is 0.548. The number of likely N-dealkylation sites (N-methyl/N-ethyl adjacent to an activating group) is 1. The first-order valence-corrected chi connectivity index (χ1v) is 6.73. The average Bonchev–Trinajstić information content (AvgIpc) is 2.75. The predicted octanol–water partition coefficient (Wildman–Crippen LogP) is 2.07. The number of halogens is 2. The van der Waals surface area contributed by atoms with Crippen LogP contribution in [0.1, 0.15) is 12.0 Å². The highest BCUT2D eigenvalue weighted by Gasteiger charge is 2.40. The molecule has 4 nitrogen and oxygen atoms in total. The van der Waals surface area contributed by atoms with Crippen molar-refractivity contribution in [1.82, 2.24) is 4.90 Å². The Labute approximate surface area is 122 Å². The van der Waals surface area contributed by atoms with Crippen LogP contribution in [0.15, 0.2) is 18.2 Å². The standard InChI is InChI=1S/C13H16Cl2N2O2/c1-17(12(18)13(16)2-3-19-8-13)7-9-4-10(14)6-11(15)5-9/h4-6H,2-3,7-8,16H2,1H3. The van der Waals surface area contributed by atoms with E-state index in [1.165, 1.54) is 0 Å². The van der Waals surface area contributed by atoms with Gasteiger partial charge in [0.1, 0.15) is 5.54 Å². The number of rotatable bonds is 3. The summed E-state index contributed by atoms with van der Waals surface area (Å²) in [5, 5.41) is 1.10. The van der Waals surface area contributed by atoms with Gasteiger partial charge in [0, 0.05) is 30.2 Å². The molecule has 0 aromatic heterocycles. The van der Waals surface area contributed by atoms with Gasteiger partial charge in [-0.05, 0) is 30.2 Å². The summed E-state index contributed by atoms with van der Waals surface area (Å²) < 4.78 is 5.21. The fourth-order valence-corrected chi connectivity index (χ4v) is 2.75. The minimum absolute atomic E-state index is 0.124. The number of hydrogen-bond acceptors (Lipinski definition) is 3. The van der Waals surface area contributed by atoms with Crippen molar-refractivity contribution in [2.24, 2.45) is 5.73 Å². The van der Waals surface area contributed by atoms with E-state index in [1.54, 1.807) is 30.1 Å². The Balaban J connectivity index is 2.08. The van der Waals surface area contributed by atoms with Crippen molar-refractivity contribution in [3.8, 4) is 0 Å². The van der Waals surface area contributed by atoms with Crippen molar-refractivity contribution >= 4 is 29.1 Å². The van der Waals surface area contributed by atoms with Crippen molar-refractivity contribution in [3.63, 3.8) is 0 Å². The third-order valence-corrected chi connectivity index (χ3v) is 3.60. The van der Waals surface area contributed by atoms with Crippen LogP contribution in [0.25, 0.3) is 0 Å². The molecule has 2 N–H and O–H groups in total. The quantitative estimate of drug-likeness (QED) is 0.930. The molecular weight excluding hydrogens is 287 g/mol. The number of benzene rings is 1. The average molecular weight is 303 g/mol.